The van der Waals surface area contributed by atoms with Crippen LogP contribution in [0.5, 0.6) is 0 Å². The molecule has 1 heteroatoms. The number of hydrogen-bond acceptors (Lipinski definition) is 1. The predicted molar refractivity (Wildman–Crippen MR) is 72.5 cm³/mol. The van der Waals surface area contributed by atoms with E-state index in [0.717, 1.165) is 6.42 Å². The smallest absolute Gasteiger partial charge is 0.0721 e. The van der Waals surface area contributed by atoms with Gasteiger partial charge in [0.25, 0.3) is 0 Å². The average molecular weight is 228 g/mol. The number of rotatable bonds is 6. The van der Waals surface area contributed by atoms with Crippen molar-refractivity contribution in [2.45, 2.75) is 32.8 Å². The van der Waals surface area contributed by atoms with Gasteiger partial charge in [-0.2, -0.15) is 0 Å². The molecule has 0 bridgehead atoms. The lowest BCUT2D eigenvalue weighted by Crippen LogP contribution is -1.91. The molecule has 1 rings (SSSR count). The molecule has 0 aliphatic heterocycles. The first-order valence-corrected chi connectivity index (χ1v) is 6.18. The number of unbranched alkanes of at least 4 members (excludes halogenated alkanes) is 2. The second-order valence-corrected chi connectivity index (χ2v) is 3.83. The van der Waals surface area contributed by atoms with E-state index in [4.69, 9.17) is 4.74 Å². The normalized spacial score (nSPS) is 10.2. The van der Waals surface area contributed by atoms with Gasteiger partial charge in [-0.25, -0.2) is 0 Å². The van der Waals surface area contributed by atoms with Crippen molar-refractivity contribution in [1.82, 2.24) is 0 Å². The van der Waals surface area contributed by atoms with Crippen LogP contribution in [-0.4, -0.2) is 6.61 Å². The van der Waals surface area contributed by atoms with E-state index in [-0.39, 0.29) is 0 Å². The average Bonchev–Trinajstić information content (AvgIpc) is 2.38. The summed E-state index contributed by atoms with van der Waals surface area (Å²) >= 11 is 0. The number of allylic oxidation sites excluding steroid dienone is 1. The van der Waals surface area contributed by atoms with E-state index < -0.39 is 0 Å². The van der Waals surface area contributed by atoms with Gasteiger partial charge in [-0.1, -0.05) is 61.6 Å². The van der Waals surface area contributed by atoms with E-state index in [1.165, 1.54) is 18.4 Å². The summed E-state index contributed by atoms with van der Waals surface area (Å²) < 4.78 is 5.49. The van der Waals surface area contributed by atoms with E-state index in [2.05, 4.69) is 30.9 Å². The Kier molecular flexibility index (Phi) is 7.72. The van der Waals surface area contributed by atoms with Crippen molar-refractivity contribution in [1.29, 1.82) is 0 Å². The van der Waals surface area contributed by atoms with Gasteiger partial charge in [0.15, 0.2) is 0 Å². The van der Waals surface area contributed by atoms with Gasteiger partial charge in [0.2, 0.25) is 0 Å². The van der Waals surface area contributed by atoms with Gasteiger partial charge >= 0.3 is 0 Å². The molecule has 0 aliphatic rings. The Balaban J connectivity index is 2.07. The fourth-order valence-electron chi connectivity index (χ4n) is 1.32. The van der Waals surface area contributed by atoms with Gasteiger partial charge < -0.3 is 4.74 Å². The summed E-state index contributed by atoms with van der Waals surface area (Å²) in [5.74, 6) is 6.11. The van der Waals surface area contributed by atoms with Crippen molar-refractivity contribution < 1.29 is 4.74 Å². The lowest BCUT2D eigenvalue weighted by molar-refractivity contribution is 0.149. The van der Waals surface area contributed by atoms with E-state index in [1.54, 1.807) is 0 Å². The molecular formula is C16H20O. The third kappa shape index (κ3) is 7.38. The third-order valence-electron chi connectivity index (χ3n) is 2.28. The zero-order valence-electron chi connectivity index (χ0n) is 10.5. The number of hydrogen-bond donors (Lipinski definition) is 0. The van der Waals surface area contributed by atoms with Gasteiger partial charge in [0.05, 0.1) is 13.2 Å². The highest BCUT2D eigenvalue weighted by molar-refractivity contribution is 5.15. The van der Waals surface area contributed by atoms with Crippen LogP contribution < -0.4 is 0 Å². The van der Waals surface area contributed by atoms with Crippen LogP contribution in [0.3, 0.4) is 0 Å². The predicted octanol–water partition coefficient (Wildman–Crippen LogP) is 3.95. The molecule has 0 aromatic heterocycles. The van der Waals surface area contributed by atoms with Crippen molar-refractivity contribution >= 4 is 0 Å². The summed E-state index contributed by atoms with van der Waals surface area (Å²) in [5, 5.41) is 0. The maximum Gasteiger partial charge on any atom is 0.0721 e. The zero-order chi connectivity index (χ0) is 12.2. The van der Waals surface area contributed by atoms with E-state index in [9.17, 15) is 0 Å². The number of benzene rings is 1. The molecule has 0 saturated carbocycles. The molecule has 0 amide bonds. The summed E-state index contributed by atoms with van der Waals surface area (Å²) in [6.45, 7) is 3.46. The molecule has 0 saturated heterocycles. The van der Waals surface area contributed by atoms with Crippen LogP contribution in [-0.2, 0) is 11.3 Å². The molecular weight excluding hydrogens is 208 g/mol. The Hall–Kier alpha value is -1.52. The molecule has 0 N–H and O–H groups in total. The molecule has 0 atom stereocenters. The highest BCUT2D eigenvalue weighted by atomic mass is 16.5. The summed E-state index contributed by atoms with van der Waals surface area (Å²) in [6, 6.07) is 10.2. The van der Waals surface area contributed by atoms with Gasteiger partial charge in [-0.3, -0.25) is 0 Å². The van der Waals surface area contributed by atoms with E-state index >= 15 is 0 Å². The molecule has 0 spiro atoms. The molecule has 0 heterocycles. The molecule has 0 unspecified atom stereocenters. The molecule has 0 radical (unpaired) electrons. The Morgan fingerprint density at radius 3 is 2.82 bits per heavy atom. The standard InChI is InChI=1S/C16H20O/c1-2-3-4-5-6-7-11-14-17-15-16-12-9-8-10-13-16/h7-13H,2-4,14-15H2,1H3/b11-7+. The highest BCUT2D eigenvalue weighted by Gasteiger charge is 1.88. The zero-order valence-corrected chi connectivity index (χ0v) is 10.5. The molecule has 1 nitrogen and oxygen atoms in total. The SMILES string of the molecule is CCCCC#C/C=C/COCc1ccccc1. The number of ether oxygens (including phenoxy) is 1. The van der Waals surface area contributed by atoms with Crippen LogP contribution in [0.1, 0.15) is 31.7 Å². The molecule has 0 aliphatic carbocycles. The van der Waals surface area contributed by atoms with Crippen LogP contribution >= 0.6 is 0 Å². The van der Waals surface area contributed by atoms with Crippen molar-refractivity contribution in [3.63, 3.8) is 0 Å². The van der Waals surface area contributed by atoms with Crippen LogP contribution in [0.15, 0.2) is 42.5 Å². The molecule has 1 aromatic rings. The first-order valence-electron chi connectivity index (χ1n) is 6.18. The van der Waals surface area contributed by atoms with Crippen molar-refractivity contribution in [2.75, 3.05) is 6.61 Å². The minimum Gasteiger partial charge on any atom is -0.373 e. The largest absolute Gasteiger partial charge is 0.373 e. The Labute approximate surface area is 105 Å². The minimum absolute atomic E-state index is 0.622. The maximum atomic E-state index is 5.49. The molecule has 17 heavy (non-hydrogen) atoms. The van der Waals surface area contributed by atoms with Crippen molar-refractivity contribution in [3.8, 4) is 11.8 Å². The lowest BCUT2D eigenvalue weighted by atomic mass is 10.2. The quantitative estimate of drug-likeness (QED) is 0.529. The minimum atomic E-state index is 0.622. The Bertz CT molecular complexity index is 368. The van der Waals surface area contributed by atoms with Crippen LogP contribution in [0.2, 0.25) is 0 Å². The Morgan fingerprint density at radius 1 is 1.24 bits per heavy atom. The van der Waals surface area contributed by atoms with Gasteiger partial charge in [0.1, 0.15) is 0 Å². The van der Waals surface area contributed by atoms with E-state index in [0.29, 0.717) is 13.2 Å². The van der Waals surface area contributed by atoms with Crippen LogP contribution in [0.4, 0.5) is 0 Å². The highest BCUT2D eigenvalue weighted by Crippen LogP contribution is 1.99. The van der Waals surface area contributed by atoms with Crippen LogP contribution in [0, 0.1) is 11.8 Å². The summed E-state index contributed by atoms with van der Waals surface area (Å²) in [4.78, 5) is 0. The maximum absolute atomic E-state index is 5.49. The fourth-order valence-corrected chi connectivity index (χ4v) is 1.32. The summed E-state index contributed by atoms with van der Waals surface area (Å²) in [5.41, 5.74) is 1.20. The third-order valence-corrected chi connectivity index (χ3v) is 2.28. The monoisotopic (exact) mass is 228 g/mol. The summed E-state index contributed by atoms with van der Waals surface area (Å²) in [7, 11) is 0. The Morgan fingerprint density at radius 2 is 2.06 bits per heavy atom. The van der Waals surface area contributed by atoms with Crippen molar-refractivity contribution in [3.05, 3.63) is 48.0 Å². The fraction of sp³-hybridized carbons (Fsp3) is 0.375. The van der Waals surface area contributed by atoms with Gasteiger partial charge in [-0.05, 0) is 18.1 Å². The molecule has 90 valence electrons. The summed E-state index contributed by atoms with van der Waals surface area (Å²) in [6.07, 6.45) is 7.22. The molecule has 1 aromatic carbocycles. The first kappa shape index (κ1) is 13.5. The van der Waals surface area contributed by atoms with Crippen molar-refractivity contribution in [2.24, 2.45) is 0 Å². The molecule has 0 fully saturated rings. The second kappa shape index (κ2) is 9.69. The first-order chi connectivity index (χ1) is 8.43. The second-order valence-electron chi connectivity index (χ2n) is 3.83. The topological polar surface area (TPSA) is 9.23 Å². The van der Waals surface area contributed by atoms with Gasteiger partial charge in [-0.15, -0.1) is 0 Å². The van der Waals surface area contributed by atoms with E-state index in [1.807, 2.05) is 30.4 Å². The van der Waals surface area contributed by atoms with Gasteiger partial charge in [0, 0.05) is 6.42 Å². The lowest BCUT2D eigenvalue weighted by Gasteiger charge is -1.99. The van der Waals surface area contributed by atoms with Crippen LogP contribution in [0.25, 0.3) is 0 Å².